The van der Waals surface area contributed by atoms with E-state index < -0.39 is 10.8 Å². The van der Waals surface area contributed by atoms with Crippen molar-refractivity contribution in [3.63, 3.8) is 0 Å². The molecule has 3 aliphatic rings. The van der Waals surface area contributed by atoms with E-state index in [1.807, 2.05) is 36.1 Å². The minimum atomic E-state index is -0.594. The Labute approximate surface area is 142 Å². The first-order valence-corrected chi connectivity index (χ1v) is 8.83. The molecule has 4 rings (SSSR count). The second-order valence-electron chi connectivity index (χ2n) is 7.58. The van der Waals surface area contributed by atoms with Crippen molar-refractivity contribution in [3.8, 4) is 0 Å². The molecular weight excluding hydrogens is 304 g/mol. The van der Waals surface area contributed by atoms with Gasteiger partial charge in [0, 0.05) is 12.2 Å². The minimum Gasteiger partial charge on any atom is -0.379 e. The fourth-order valence-corrected chi connectivity index (χ4v) is 4.60. The van der Waals surface area contributed by atoms with Crippen molar-refractivity contribution in [1.82, 2.24) is 4.90 Å². The van der Waals surface area contributed by atoms with Gasteiger partial charge in [0.15, 0.2) is 0 Å². The van der Waals surface area contributed by atoms with Crippen LogP contribution in [0.2, 0.25) is 0 Å². The van der Waals surface area contributed by atoms with E-state index in [2.05, 4.69) is 12.2 Å². The van der Waals surface area contributed by atoms with Gasteiger partial charge in [-0.3, -0.25) is 9.59 Å². The number of hydrogen-bond donors (Lipinski definition) is 1. The molecule has 2 amide bonds. The van der Waals surface area contributed by atoms with Crippen LogP contribution >= 0.6 is 0 Å². The molecule has 2 atom stereocenters. The average molecular weight is 328 g/mol. The Hall–Kier alpha value is -1.88. The highest BCUT2D eigenvalue weighted by Gasteiger charge is 2.60. The first-order chi connectivity index (χ1) is 11.5. The van der Waals surface area contributed by atoms with Crippen molar-refractivity contribution in [1.29, 1.82) is 0 Å². The molecule has 2 fully saturated rings. The zero-order valence-electron chi connectivity index (χ0n) is 14.3. The number of fused-ring (bicyclic) bond motifs is 2. The van der Waals surface area contributed by atoms with Crippen molar-refractivity contribution in [2.75, 3.05) is 25.1 Å². The van der Waals surface area contributed by atoms with E-state index in [-0.39, 0.29) is 17.9 Å². The Bertz CT molecular complexity index is 698. The molecule has 1 aromatic rings. The molecule has 0 bridgehead atoms. The number of benzene rings is 1. The Morgan fingerprint density at radius 2 is 2.12 bits per heavy atom. The van der Waals surface area contributed by atoms with Gasteiger partial charge in [-0.05, 0) is 31.4 Å². The third-order valence-electron chi connectivity index (χ3n) is 5.93. The Morgan fingerprint density at radius 1 is 1.38 bits per heavy atom. The summed E-state index contributed by atoms with van der Waals surface area (Å²) < 4.78 is 5.28. The van der Waals surface area contributed by atoms with Crippen molar-refractivity contribution in [3.05, 3.63) is 29.8 Å². The number of likely N-dealkylation sites (tertiary alicyclic amines) is 1. The highest BCUT2D eigenvalue weighted by molar-refractivity contribution is 6.07. The lowest BCUT2D eigenvalue weighted by molar-refractivity contribution is -0.170. The number of para-hydroxylation sites is 1. The van der Waals surface area contributed by atoms with E-state index in [1.165, 1.54) is 0 Å². The van der Waals surface area contributed by atoms with Crippen molar-refractivity contribution in [2.24, 2.45) is 5.41 Å². The molecule has 1 N–H and O–H groups in total. The Morgan fingerprint density at radius 3 is 2.79 bits per heavy atom. The van der Waals surface area contributed by atoms with Crippen LogP contribution in [0, 0.1) is 5.41 Å². The third-order valence-corrected chi connectivity index (χ3v) is 5.93. The number of amides is 2. The fourth-order valence-electron chi connectivity index (χ4n) is 4.60. The van der Waals surface area contributed by atoms with Gasteiger partial charge in [-0.15, -0.1) is 0 Å². The molecule has 2 saturated heterocycles. The molecule has 5 nitrogen and oxygen atoms in total. The SMILES string of the molecule is CCC[C@@H]1N(C(=O)C2(C)COC2)CC[C@@]12C(=O)Nc1ccccc12. The van der Waals surface area contributed by atoms with E-state index in [4.69, 9.17) is 4.74 Å². The van der Waals surface area contributed by atoms with Gasteiger partial charge in [-0.2, -0.15) is 0 Å². The molecule has 1 aromatic carbocycles. The van der Waals surface area contributed by atoms with Crippen molar-refractivity contribution < 1.29 is 14.3 Å². The molecule has 0 unspecified atom stereocenters. The molecule has 24 heavy (non-hydrogen) atoms. The smallest absolute Gasteiger partial charge is 0.237 e. The van der Waals surface area contributed by atoms with Crippen LogP contribution in [0.5, 0.6) is 0 Å². The quantitative estimate of drug-likeness (QED) is 0.926. The zero-order chi connectivity index (χ0) is 16.9. The van der Waals surface area contributed by atoms with Crippen LogP contribution in [0.1, 0.15) is 38.7 Å². The molecule has 3 aliphatic heterocycles. The van der Waals surface area contributed by atoms with Gasteiger partial charge < -0.3 is 15.0 Å². The molecule has 0 radical (unpaired) electrons. The molecule has 0 aliphatic carbocycles. The first-order valence-electron chi connectivity index (χ1n) is 8.83. The van der Waals surface area contributed by atoms with E-state index in [1.54, 1.807) is 0 Å². The lowest BCUT2D eigenvalue weighted by Crippen LogP contribution is -2.57. The number of nitrogens with zero attached hydrogens (tertiary/aromatic N) is 1. The zero-order valence-corrected chi connectivity index (χ0v) is 14.3. The molecular formula is C19H24N2O3. The molecule has 1 spiro atoms. The van der Waals surface area contributed by atoms with Crippen LogP contribution in [0.25, 0.3) is 0 Å². The Balaban J connectivity index is 1.75. The molecule has 5 heteroatoms. The number of rotatable bonds is 3. The van der Waals surface area contributed by atoms with Gasteiger partial charge in [0.2, 0.25) is 11.8 Å². The molecule has 3 heterocycles. The summed E-state index contributed by atoms with van der Waals surface area (Å²) in [5.41, 5.74) is 0.935. The van der Waals surface area contributed by atoms with Crippen LogP contribution in [0.3, 0.4) is 0 Å². The van der Waals surface area contributed by atoms with E-state index in [0.717, 1.165) is 24.1 Å². The summed E-state index contributed by atoms with van der Waals surface area (Å²) >= 11 is 0. The van der Waals surface area contributed by atoms with Gasteiger partial charge in [-0.25, -0.2) is 0 Å². The first kappa shape index (κ1) is 15.6. The van der Waals surface area contributed by atoms with Crippen LogP contribution in [-0.4, -0.2) is 42.5 Å². The molecule has 0 saturated carbocycles. The fraction of sp³-hybridized carbons (Fsp3) is 0.579. The van der Waals surface area contributed by atoms with Gasteiger partial charge in [0.05, 0.1) is 30.1 Å². The number of hydrogen-bond acceptors (Lipinski definition) is 3. The second-order valence-corrected chi connectivity index (χ2v) is 7.58. The summed E-state index contributed by atoms with van der Waals surface area (Å²) in [5, 5.41) is 3.04. The van der Waals surface area contributed by atoms with E-state index >= 15 is 0 Å². The van der Waals surface area contributed by atoms with E-state index in [9.17, 15) is 9.59 Å². The van der Waals surface area contributed by atoms with Gasteiger partial charge in [-0.1, -0.05) is 31.5 Å². The lowest BCUT2D eigenvalue weighted by Gasteiger charge is -2.42. The topological polar surface area (TPSA) is 58.6 Å². The highest BCUT2D eigenvalue weighted by atomic mass is 16.5. The number of ether oxygens (including phenoxy) is 1. The van der Waals surface area contributed by atoms with Crippen LogP contribution in [-0.2, 0) is 19.7 Å². The normalized spacial score (nSPS) is 30.2. The van der Waals surface area contributed by atoms with Gasteiger partial charge in [0.1, 0.15) is 0 Å². The summed E-state index contributed by atoms with van der Waals surface area (Å²) in [5.74, 6) is 0.189. The summed E-state index contributed by atoms with van der Waals surface area (Å²) in [7, 11) is 0. The maximum absolute atomic E-state index is 13.1. The summed E-state index contributed by atoms with van der Waals surface area (Å²) in [6, 6.07) is 7.85. The number of carbonyl (C=O) groups excluding carboxylic acids is 2. The monoisotopic (exact) mass is 328 g/mol. The maximum atomic E-state index is 13.1. The van der Waals surface area contributed by atoms with Gasteiger partial charge >= 0.3 is 0 Å². The van der Waals surface area contributed by atoms with E-state index in [0.29, 0.717) is 26.2 Å². The molecule has 128 valence electrons. The third kappa shape index (κ3) is 1.91. The Kier molecular flexibility index (Phi) is 3.46. The van der Waals surface area contributed by atoms with Crippen molar-refractivity contribution in [2.45, 2.75) is 44.6 Å². The van der Waals surface area contributed by atoms with Crippen LogP contribution in [0.15, 0.2) is 24.3 Å². The number of carbonyl (C=O) groups is 2. The largest absolute Gasteiger partial charge is 0.379 e. The maximum Gasteiger partial charge on any atom is 0.237 e. The standard InChI is InChI=1S/C19H24N2O3/c1-3-6-15-19(13-7-4-5-8-14(13)20-16(19)22)9-10-21(15)17(23)18(2)11-24-12-18/h4-5,7-8,15H,3,6,9-12H2,1-2H3,(H,20,22)/t15-,19-/m0/s1. The average Bonchev–Trinajstić information content (AvgIpc) is 3.06. The van der Waals surface area contributed by atoms with Crippen LogP contribution in [0.4, 0.5) is 5.69 Å². The van der Waals surface area contributed by atoms with Crippen LogP contribution < -0.4 is 5.32 Å². The number of anilines is 1. The molecule has 0 aromatic heterocycles. The predicted molar refractivity (Wildman–Crippen MR) is 90.7 cm³/mol. The summed E-state index contributed by atoms with van der Waals surface area (Å²) in [4.78, 5) is 28.0. The summed E-state index contributed by atoms with van der Waals surface area (Å²) in [6.45, 7) is 5.69. The lowest BCUT2D eigenvalue weighted by atomic mass is 9.73. The summed E-state index contributed by atoms with van der Waals surface area (Å²) in [6.07, 6.45) is 2.48. The van der Waals surface area contributed by atoms with Crippen molar-refractivity contribution >= 4 is 17.5 Å². The predicted octanol–water partition coefficient (Wildman–Crippen LogP) is 2.31. The highest BCUT2D eigenvalue weighted by Crippen LogP contribution is 2.50. The number of nitrogens with one attached hydrogen (secondary N) is 1. The van der Waals surface area contributed by atoms with Gasteiger partial charge in [0.25, 0.3) is 0 Å². The second kappa shape index (κ2) is 5.31. The minimum absolute atomic E-state index is 0.0486.